The molecule has 8 heteroatoms. The lowest BCUT2D eigenvalue weighted by Crippen LogP contribution is -2.48. The summed E-state index contributed by atoms with van der Waals surface area (Å²) >= 11 is 0. The number of aryl methyl sites for hydroxylation is 1. The van der Waals surface area contributed by atoms with Crippen LogP contribution >= 0.6 is 0 Å². The molecular formula is C17H22N6O2. The lowest BCUT2D eigenvalue weighted by molar-refractivity contribution is -0.123. The molecule has 25 heavy (non-hydrogen) atoms. The Bertz CT molecular complexity index is 741. The van der Waals surface area contributed by atoms with Crippen LogP contribution < -0.4 is 10.6 Å². The maximum atomic E-state index is 12.4. The third-order valence-corrected chi connectivity index (χ3v) is 5.49. The number of aromatic nitrogens is 4. The zero-order chi connectivity index (χ0) is 17.3. The molecule has 0 unspecified atom stereocenters. The van der Waals surface area contributed by atoms with Gasteiger partial charge in [-0.3, -0.25) is 4.79 Å². The van der Waals surface area contributed by atoms with Gasteiger partial charge in [-0.05, 0) is 47.5 Å². The summed E-state index contributed by atoms with van der Waals surface area (Å²) in [5.41, 5.74) is 1.94. The second-order valence-corrected chi connectivity index (χ2v) is 6.81. The predicted octanol–water partition coefficient (Wildman–Crippen LogP) is -0.0836. The van der Waals surface area contributed by atoms with E-state index in [0.29, 0.717) is 6.54 Å². The number of amides is 1. The Morgan fingerprint density at radius 1 is 1.36 bits per heavy atom. The van der Waals surface area contributed by atoms with E-state index in [1.54, 1.807) is 0 Å². The van der Waals surface area contributed by atoms with Gasteiger partial charge in [0.25, 0.3) is 0 Å². The van der Waals surface area contributed by atoms with Gasteiger partial charge in [-0.25, -0.2) is 4.68 Å². The van der Waals surface area contributed by atoms with Gasteiger partial charge in [0.15, 0.2) is 0 Å². The Morgan fingerprint density at radius 2 is 2.16 bits per heavy atom. The average molecular weight is 342 g/mol. The summed E-state index contributed by atoms with van der Waals surface area (Å²) < 4.78 is 1.52. The second-order valence-electron chi connectivity index (χ2n) is 6.81. The summed E-state index contributed by atoms with van der Waals surface area (Å²) in [5.74, 6) is -0.111. The Kier molecular flexibility index (Phi) is 4.22. The number of piperidine rings is 1. The fraction of sp³-hybridized carbons (Fsp3) is 0.529. The molecule has 0 saturated carbocycles. The number of rotatable bonds is 4. The van der Waals surface area contributed by atoms with Gasteiger partial charge in [0.05, 0.1) is 18.7 Å². The number of aliphatic hydroxyl groups excluding tert-OH is 1. The monoisotopic (exact) mass is 342 g/mol. The van der Waals surface area contributed by atoms with E-state index in [9.17, 15) is 9.90 Å². The second kappa shape index (κ2) is 6.53. The van der Waals surface area contributed by atoms with E-state index in [-0.39, 0.29) is 23.8 Å². The number of carbonyl (C=O) groups is 1. The van der Waals surface area contributed by atoms with Crippen molar-refractivity contribution in [3.05, 3.63) is 41.7 Å². The first-order chi connectivity index (χ1) is 12.2. The predicted molar refractivity (Wildman–Crippen MR) is 89.5 cm³/mol. The highest BCUT2D eigenvalue weighted by atomic mass is 16.3. The molecule has 1 amide bonds. The van der Waals surface area contributed by atoms with Gasteiger partial charge in [0, 0.05) is 11.8 Å². The van der Waals surface area contributed by atoms with E-state index in [4.69, 9.17) is 0 Å². The van der Waals surface area contributed by atoms with Crippen LogP contribution in [0.2, 0.25) is 0 Å². The van der Waals surface area contributed by atoms with Gasteiger partial charge in [-0.15, -0.1) is 5.10 Å². The third-order valence-electron chi connectivity index (χ3n) is 5.49. The Balaban J connectivity index is 1.52. The van der Waals surface area contributed by atoms with Crippen molar-refractivity contribution in [3.63, 3.8) is 0 Å². The van der Waals surface area contributed by atoms with E-state index in [2.05, 4.69) is 32.2 Å². The molecule has 132 valence electrons. The maximum Gasteiger partial charge on any atom is 0.222 e. The van der Waals surface area contributed by atoms with Gasteiger partial charge in [-0.1, -0.05) is 24.3 Å². The molecule has 1 aromatic carbocycles. The zero-order valence-corrected chi connectivity index (χ0v) is 13.9. The van der Waals surface area contributed by atoms with E-state index in [1.807, 2.05) is 18.2 Å². The summed E-state index contributed by atoms with van der Waals surface area (Å²) in [6, 6.07) is 7.72. The largest absolute Gasteiger partial charge is 0.390 e. The van der Waals surface area contributed by atoms with Crippen LogP contribution in [0.3, 0.4) is 0 Å². The van der Waals surface area contributed by atoms with Gasteiger partial charge in [-0.2, -0.15) is 0 Å². The van der Waals surface area contributed by atoms with Gasteiger partial charge < -0.3 is 15.7 Å². The van der Waals surface area contributed by atoms with Gasteiger partial charge in [0.2, 0.25) is 5.91 Å². The molecule has 1 saturated heterocycles. The first kappa shape index (κ1) is 16.2. The minimum absolute atomic E-state index is 0.111. The highest BCUT2D eigenvalue weighted by Gasteiger charge is 2.51. The topological polar surface area (TPSA) is 105 Å². The van der Waals surface area contributed by atoms with Crippen molar-refractivity contribution in [1.82, 2.24) is 30.8 Å². The molecule has 1 aliphatic carbocycles. The van der Waals surface area contributed by atoms with E-state index >= 15 is 0 Å². The molecule has 3 N–H and O–H groups in total. The number of nitrogens with one attached hydrogen (secondary N) is 2. The number of hydrogen-bond acceptors (Lipinski definition) is 6. The number of nitrogens with zero attached hydrogens (tertiary/aromatic N) is 4. The molecule has 1 spiro atoms. The summed E-state index contributed by atoms with van der Waals surface area (Å²) in [7, 11) is 0. The number of carbonyl (C=O) groups excluding carboxylic acids is 1. The molecule has 2 atom stereocenters. The fourth-order valence-electron chi connectivity index (χ4n) is 4.21. The fourth-order valence-corrected chi connectivity index (χ4v) is 4.21. The van der Waals surface area contributed by atoms with Crippen molar-refractivity contribution in [2.24, 2.45) is 0 Å². The first-order valence-electron chi connectivity index (χ1n) is 8.69. The first-order valence-corrected chi connectivity index (χ1v) is 8.69. The minimum Gasteiger partial charge on any atom is -0.390 e. The minimum atomic E-state index is -0.607. The van der Waals surface area contributed by atoms with Crippen molar-refractivity contribution in [2.45, 2.75) is 43.4 Å². The number of hydrogen-bond donors (Lipinski definition) is 3. The number of fused-ring (bicyclic) bond motifs is 2. The lowest BCUT2D eigenvalue weighted by atomic mass is 9.72. The maximum absolute atomic E-state index is 12.4. The van der Waals surface area contributed by atoms with Crippen LogP contribution in [-0.4, -0.2) is 50.4 Å². The zero-order valence-electron chi connectivity index (χ0n) is 13.9. The normalized spacial score (nSPS) is 24.2. The molecule has 8 nitrogen and oxygen atoms in total. The van der Waals surface area contributed by atoms with Crippen LogP contribution in [0.4, 0.5) is 0 Å². The van der Waals surface area contributed by atoms with Crippen molar-refractivity contribution in [3.8, 4) is 0 Å². The molecule has 2 aromatic rings. The SMILES string of the molecule is O=C(CCn1cnnn1)N[C@H]1c2ccccc2C2(CCNCC2)[C@@H]1O. The molecular weight excluding hydrogens is 320 g/mol. The Hall–Kier alpha value is -2.32. The van der Waals surface area contributed by atoms with Crippen LogP contribution in [0.25, 0.3) is 0 Å². The molecule has 0 bridgehead atoms. The van der Waals surface area contributed by atoms with Crippen molar-refractivity contribution in [1.29, 1.82) is 0 Å². The van der Waals surface area contributed by atoms with Gasteiger partial charge >= 0.3 is 0 Å². The van der Waals surface area contributed by atoms with Gasteiger partial charge in [0.1, 0.15) is 6.33 Å². The summed E-state index contributed by atoms with van der Waals surface area (Å²) in [6.07, 6.45) is 2.90. The van der Waals surface area contributed by atoms with Crippen molar-refractivity contribution >= 4 is 5.91 Å². The highest BCUT2D eigenvalue weighted by Crippen LogP contribution is 2.49. The van der Waals surface area contributed by atoms with Crippen LogP contribution in [0.15, 0.2) is 30.6 Å². The van der Waals surface area contributed by atoms with Crippen LogP contribution in [-0.2, 0) is 16.8 Å². The molecule has 1 aromatic heterocycles. The molecule has 2 aliphatic rings. The Morgan fingerprint density at radius 3 is 2.92 bits per heavy atom. The van der Waals surface area contributed by atoms with Crippen LogP contribution in [0, 0.1) is 0 Å². The number of tetrazole rings is 1. The van der Waals surface area contributed by atoms with Crippen LogP contribution in [0.1, 0.15) is 36.4 Å². The molecule has 1 fully saturated rings. The molecule has 4 rings (SSSR count). The Labute approximate surface area is 145 Å². The smallest absolute Gasteiger partial charge is 0.222 e. The van der Waals surface area contributed by atoms with Crippen molar-refractivity contribution < 1.29 is 9.90 Å². The summed E-state index contributed by atoms with van der Waals surface area (Å²) in [5, 5.41) is 28.4. The van der Waals surface area contributed by atoms with E-state index in [1.165, 1.54) is 16.6 Å². The molecule has 1 aliphatic heterocycles. The van der Waals surface area contributed by atoms with Crippen molar-refractivity contribution in [2.75, 3.05) is 13.1 Å². The standard InChI is InChI=1S/C17H22N6O2/c24-14(5-10-23-11-19-21-22-23)20-15-12-3-1-2-4-13(12)17(16(15)25)6-8-18-9-7-17/h1-4,11,15-16,18,25H,5-10H2,(H,20,24)/t15-,16+/m0/s1. The van der Waals surface area contributed by atoms with E-state index < -0.39 is 6.10 Å². The average Bonchev–Trinajstić information content (AvgIpc) is 3.24. The number of aliphatic hydroxyl groups is 1. The molecule has 0 radical (unpaired) electrons. The van der Waals surface area contributed by atoms with Crippen LogP contribution in [0.5, 0.6) is 0 Å². The lowest BCUT2D eigenvalue weighted by Gasteiger charge is -2.38. The summed E-state index contributed by atoms with van der Waals surface area (Å²) in [4.78, 5) is 12.4. The van der Waals surface area contributed by atoms with E-state index in [0.717, 1.165) is 31.5 Å². The molecule has 2 heterocycles. The number of benzene rings is 1. The quantitative estimate of drug-likeness (QED) is 0.718. The highest BCUT2D eigenvalue weighted by molar-refractivity contribution is 5.77. The summed E-state index contributed by atoms with van der Waals surface area (Å²) in [6.45, 7) is 2.18. The third kappa shape index (κ3) is 2.81.